The molecule has 0 aliphatic heterocycles. The highest BCUT2D eigenvalue weighted by Crippen LogP contribution is 2.33. The lowest BCUT2D eigenvalue weighted by atomic mass is 9.86. The maximum atomic E-state index is 11.4. The molecular weight excluding hydrogens is 264 g/mol. The normalized spacial score (nSPS) is 11.2. The minimum absolute atomic E-state index is 0.00918. The van der Waals surface area contributed by atoms with Gasteiger partial charge in [0.05, 0.1) is 12.7 Å². The maximum Gasteiger partial charge on any atom is 0.337 e. The molecule has 0 aliphatic carbocycles. The van der Waals surface area contributed by atoms with E-state index in [0.717, 1.165) is 16.7 Å². The van der Waals surface area contributed by atoms with E-state index in [1.807, 2.05) is 12.1 Å². The number of methoxy groups -OCH3 is 1. The van der Waals surface area contributed by atoms with Crippen LogP contribution in [0.5, 0.6) is 5.75 Å². The molecule has 0 fully saturated rings. The minimum Gasteiger partial charge on any atom is -0.507 e. The summed E-state index contributed by atoms with van der Waals surface area (Å²) in [5.41, 5.74) is 3.17. The lowest BCUT2D eigenvalue weighted by Gasteiger charge is -2.20. The molecule has 2 rings (SSSR count). The second-order valence-electron chi connectivity index (χ2n) is 6.05. The number of carbonyl (C=O) groups is 1. The van der Waals surface area contributed by atoms with E-state index in [2.05, 4.69) is 25.5 Å². The van der Waals surface area contributed by atoms with Crippen molar-refractivity contribution < 1.29 is 14.6 Å². The Morgan fingerprint density at radius 2 is 1.67 bits per heavy atom. The van der Waals surface area contributed by atoms with Crippen molar-refractivity contribution in [2.24, 2.45) is 0 Å². The van der Waals surface area contributed by atoms with E-state index in [1.165, 1.54) is 7.11 Å². The number of hydrogen-bond acceptors (Lipinski definition) is 3. The molecule has 0 unspecified atom stereocenters. The van der Waals surface area contributed by atoms with Crippen molar-refractivity contribution in [2.45, 2.75) is 26.2 Å². The fourth-order valence-electron chi connectivity index (χ4n) is 2.15. The van der Waals surface area contributed by atoms with Crippen LogP contribution in [0.15, 0.2) is 42.5 Å². The Hall–Kier alpha value is -2.29. The molecule has 0 aromatic heterocycles. The summed E-state index contributed by atoms with van der Waals surface area (Å²) in [6.07, 6.45) is 0. The summed E-state index contributed by atoms with van der Waals surface area (Å²) in [4.78, 5) is 11.4. The fraction of sp³-hybridized carbons (Fsp3) is 0.278. The number of carbonyl (C=O) groups excluding carboxylic acids is 1. The zero-order valence-electron chi connectivity index (χ0n) is 12.8. The molecule has 1 N–H and O–H groups in total. The van der Waals surface area contributed by atoms with Crippen LogP contribution in [0.25, 0.3) is 11.1 Å². The number of phenolic OH excluding ortho intramolecular Hbond substituents is 1. The second-order valence-corrected chi connectivity index (χ2v) is 6.05. The molecule has 0 saturated heterocycles. The second kappa shape index (κ2) is 5.60. The third-order valence-electron chi connectivity index (χ3n) is 3.48. The summed E-state index contributed by atoms with van der Waals surface area (Å²) in [6.45, 7) is 6.31. The van der Waals surface area contributed by atoms with Gasteiger partial charge in [-0.25, -0.2) is 4.79 Å². The molecule has 3 heteroatoms. The van der Waals surface area contributed by atoms with E-state index in [-0.39, 0.29) is 17.1 Å². The monoisotopic (exact) mass is 284 g/mol. The van der Waals surface area contributed by atoms with E-state index < -0.39 is 0 Å². The predicted octanol–water partition coefficient (Wildman–Crippen LogP) is 4.14. The molecule has 0 heterocycles. The predicted molar refractivity (Wildman–Crippen MR) is 83.6 cm³/mol. The summed E-state index contributed by atoms with van der Waals surface area (Å²) in [6, 6.07) is 12.7. The number of rotatable bonds is 2. The van der Waals surface area contributed by atoms with E-state index >= 15 is 0 Å². The van der Waals surface area contributed by atoms with Gasteiger partial charge in [0.25, 0.3) is 0 Å². The Morgan fingerprint density at radius 3 is 2.14 bits per heavy atom. The molecule has 0 aliphatic rings. The molecule has 3 nitrogen and oxygen atoms in total. The van der Waals surface area contributed by atoms with Gasteiger partial charge in [-0.1, -0.05) is 45.0 Å². The van der Waals surface area contributed by atoms with E-state index in [4.69, 9.17) is 0 Å². The first-order valence-electron chi connectivity index (χ1n) is 6.85. The Morgan fingerprint density at radius 1 is 1.05 bits per heavy atom. The third-order valence-corrected chi connectivity index (χ3v) is 3.48. The van der Waals surface area contributed by atoms with Gasteiger partial charge in [0.2, 0.25) is 0 Å². The van der Waals surface area contributed by atoms with Gasteiger partial charge in [-0.05, 0) is 34.7 Å². The molecule has 0 amide bonds. The van der Waals surface area contributed by atoms with Gasteiger partial charge in [-0.2, -0.15) is 0 Å². The van der Waals surface area contributed by atoms with Crippen molar-refractivity contribution in [3.8, 4) is 16.9 Å². The first-order chi connectivity index (χ1) is 9.82. The summed E-state index contributed by atoms with van der Waals surface area (Å²) < 4.78 is 4.67. The van der Waals surface area contributed by atoms with Crippen LogP contribution in [0.4, 0.5) is 0 Å². The van der Waals surface area contributed by atoms with Crippen molar-refractivity contribution in [3.63, 3.8) is 0 Å². The molecule has 0 radical (unpaired) electrons. The zero-order valence-corrected chi connectivity index (χ0v) is 12.8. The maximum absolute atomic E-state index is 11.4. The Bertz CT molecular complexity index is 649. The van der Waals surface area contributed by atoms with Gasteiger partial charge in [-0.3, -0.25) is 0 Å². The number of esters is 1. The number of ether oxygens (including phenoxy) is 1. The first-order valence-corrected chi connectivity index (χ1v) is 6.85. The SMILES string of the molecule is COC(=O)c1ccc(-c2ccc(C(C)(C)C)cc2O)cc1. The van der Waals surface area contributed by atoms with Crippen molar-refractivity contribution in [2.75, 3.05) is 7.11 Å². The van der Waals surface area contributed by atoms with E-state index in [9.17, 15) is 9.90 Å². The van der Waals surface area contributed by atoms with Gasteiger partial charge in [-0.15, -0.1) is 0 Å². The fourth-order valence-corrected chi connectivity index (χ4v) is 2.15. The summed E-state index contributed by atoms with van der Waals surface area (Å²) in [5.74, 6) is -0.123. The van der Waals surface area contributed by atoms with Crippen LogP contribution in [-0.4, -0.2) is 18.2 Å². The quantitative estimate of drug-likeness (QED) is 0.843. The molecule has 0 spiro atoms. The summed E-state index contributed by atoms with van der Waals surface area (Å²) in [7, 11) is 1.35. The average Bonchev–Trinajstić information content (AvgIpc) is 2.45. The smallest absolute Gasteiger partial charge is 0.337 e. The topological polar surface area (TPSA) is 46.5 Å². The molecular formula is C18H20O3. The molecule has 21 heavy (non-hydrogen) atoms. The van der Waals surface area contributed by atoms with E-state index in [1.54, 1.807) is 30.3 Å². The Labute approximate surface area is 125 Å². The highest BCUT2D eigenvalue weighted by Gasteiger charge is 2.16. The van der Waals surface area contributed by atoms with Crippen LogP contribution < -0.4 is 0 Å². The van der Waals surface area contributed by atoms with Crippen LogP contribution in [-0.2, 0) is 10.2 Å². The van der Waals surface area contributed by atoms with Crippen molar-refractivity contribution in [1.29, 1.82) is 0 Å². The molecule has 0 atom stereocenters. The van der Waals surface area contributed by atoms with Crippen molar-refractivity contribution in [3.05, 3.63) is 53.6 Å². The van der Waals surface area contributed by atoms with E-state index in [0.29, 0.717) is 5.56 Å². The third kappa shape index (κ3) is 3.24. The number of aromatic hydroxyl groups is 1. The van der Waals surface area contributed by atoms with Gasteiger partial charge in [0, 0.05) is 5.56 Å². The molecule has 0 saturated carbocycles. The van der Waals surface area contributed by atoms with Crippen LogP contribution >= 0.6 is 0 Å². The Kier molecular flexibility index (Phi) is 4.03. The van der Waals surface area contributed by atoms with Crippen LogP contribution in [0.2, 0.25) is 0 Å². The van der Waals surface area contributed by atoms with Gasteiger partial charge in [0.1, 0.15) is 5.75 Å². The molecule has 2 aromatic rings. The largest absolute Gasteiger partial charge is 0.507 e. The lowest BCUT2D eigenvalue weighted by molar-refractivity contribution is 0.0601. The standard InChI is InChI=1S/C18H20O3/c1-18(2,3)14-9-10-15(16(19)11-14)12-5-7-13(8-6-12)17(20)21-4/h5-11,19H,1-4H3. The van der Waals surface area contributed by atoms with Crippen LogP contribution in [0, 0.1) is 0 Å². The highest BCUT2D eigenvalue weighted by molar-refractivity contribution is 5.90. The lowest BCUT2D eigenvalue weighted by Crippen LogP contribution is -2.10. The molecule has 0 bridgehead atoms. The highest BCUT2D eigenvalue weighted by atomic mass is 16.5. The number of benzene rings is 2. The zero-order chi connectivity index (χ0) is 15.6. The van der Waals surface area contributed by atoms with Crippen LogP contribution in [0.1, 0.15) is 36.7 Å². The minimum atomic E-state index is -0.367. The van der Waals surface area contributed by atoms with Crippen LogP contribution in [0.3, 0.4) is 0 Å². The summed E-state index contributed by atoms with van der Waals surface area (Å²) >= 11 is 0. The summed E-state index contributed by atoms with van der Waals surface area (Å²) in [5, 5.41) is 10.2. The molecule has 2 aromatic carbocycles. The van der Waals surface area contributed by atoms with Crippen molar-refractivity contribution in [1.82, 2.24) is 0 Å². The average molecular weight is 284 g/mol. The van der Waals surface area contributed by atoms with Gasteiger partial charge < -0.3 is 9.84 Å². The van der Waals surface area contributed by atoms with Gasteiger partial charge >= 0.3 is 5.97 Å². The number of hydrogen-bond donors (Lipinski definition) is 1. The first kappa shape index (κ1) is 15.1. The van der Waals surface area contributed by atoms with Crippen molar-refractivity contribution >= 4 is 5.97 Å². The molecule has 110 valence electrons. The number of phenols is 1. The van der Waals surface area contributed by atoms with Gasteiger partial charge in [0.15, 0.2) is 0 Å². The Balaban J connectivity index is 2.36.